The average molecular weight is 342 g/mol. The largest absolute Gasteiger partial charge is 0.505 e. The summed E-state index contributed by atoms with van der Waals surface area (Å²) in [5.41, 5.74) is 15.3. The number of nitrogens with zero attached hydrogens (tertiary/aromatic N) is 2. The Kier molecular flexibility index (Phi) is 3.67. The Balaban J connectivity index is 2.55. The number of halogens is 1. The number of amides is 1. The standard InChI is InChI=1S/C18H19FN4O2/c1-7-5-11-13(17(21)25)16(20)23(18(11)22-10(7)4)14-8(2)6-12(19)15(24)9(14)3/h5-6,24H,20H2,1-4H3,(H2,21,25). The van der Waals surface area contributed by atoms with Gasteiger partial charge in [-0.05, 0) is 51.0 Å². The van der Waals surface area contributed by atoms with E-state index in [0.29, 0.717) is 27.8 Å². The van der Waals surface area contributed by atoms with Crippen molar-refractivity contribution in [1.29, 1.82) is 0 Å². The lowest BCUT2D eigenvalue weighted by molar-refractivity contribution is 0.100. The molecule has 25 heavy (non-hydrogen) atoms. The van der Waals surface area contributed by atoms with E-state index in [1.165, 1.54) is 6.07 Å². The topological polar surface area (TPSA) is 107 Å². The monoisotopic (exact) mass is 342 g/mol. The van der Waals surface area contributed by atoms with Crippen LogP contribution in [0.1, 0.15) is 32.7 Å². The first-order valence-corrected chi connectivity index (χ1v) is 7.72. The van der Waals surface area contributed by atoms with Crippen LogP contribution in [0.25, 0.3) is 16.7 Å². The van der Waals surface area contributed by atoms with Crippen LogP contribution < -0.4 is 11.5 Å². The second kappa shape index (κ2) is 5.47. The molecule has 0 saturated carbocycles. The number of benzene rings is 1. The summed E-state index contributed by atoms with van der Waals surface area (Å²) < 4.78 is 15.4. The van der Waals surface area contributed by atoms with Gasteiger partial charge in [0.15, 0.2) is 11.6 Å². The molecule has 0 radical (unpaired) electrons. The van der Waals surface area contributed by atoms with E-state index in [4.69, 9.17) is 11.5 Å². The number of aryl methyl sites for hydroxylation is 3. The summed E-state index contributed by atoms with van der Waals surface area (Å²) in [6.45, 7) is 6.99. The lowest BCUT2D eigenvalue weighted by Crippen LogP contribution is -2.14. The number of fused-ring (bicyclic) bond motifs is 1. The summed E-state index contributed by atoms with van der Waals surface area (Å²) >= 11 is 0. The minimum atomic E-state index is -0.719. The molecule has 0 aliphatic carbocycles. The fourth-order valence-electron chi connectivity index (χ4n) is 3.15. The minimum absolute atomic E-state index is 0.109. The van der Waals surface area contributed by atoms with Crippen molar-refractivity contribution in [2.75, 3.05) is 5.73 Å². The summed E-state index contributed by atoms with van der Waals surface area (Å²) in [7, 11) is 0. The number of pyridine rings is 1. The van der Waals surface area contributed by atoms with Crippen LogP contribution >= 0.6 is 0 Å². The number of rotatable bonds is 2. The number of aromatic nitrogens is 2. The van der Waals surface area contributed by atoms with Crippen molar-refractivity contribution in [1.82, 2.24) is 9.55 Å². The highest BCUT2D eigenvalue weighted by molar-refractivity contribution is 6.11. The molecular formula is C18H19FN4O2. The molecule has 3 rings (SSSR count). The molecule has 0 saturated heterocycles. The third-order valence-corrected chi connectivity index (χ3v) is 4.55. The lowest BCUT2D eigenvalue weighted by atomic mass is 10.1. The highest BCUT2D eigenvalue weighted by atomic mass is 19.1. The number of phenolic OH excluding ortho intramolecular Hbond substituents is 1. The smallest absolute Gasteiger partial charge is 0.253 e. The van der Waals surface area contributed by atoms with Gasteiger partial charge in [-0.1, -0.05) is 0 Å². The van der Waals surface area contributed by atoms with Gasteiger partial charge in [0, 0.05) is 16.6 Å². The highest BCUT2D eigenvalue weighted by Gasteiger charge is 2.25. The van der Waals surface area contributed by atoms with E-state index in [9.17, 15) is 14.3 Å². The van der Waals surface area contributed by atoms with E-state index in [0.717, 1.165) is 11.3 Å². The second-order valence-electron chi connectivity index (χ2n) is 6.22. The van der Waals surface area contributed by atoms with Crippen LogP contribution in [0.3, 0.4) is 0 Å². The zero-order valence-electron chi connectivity index (χ0n) is 14.4. The van der Waals surface area contributed by atoms with Crippen LogP contribution in [-0.2, 0) is 0 Å². The number of hydrogen-bond acceptors (Lipinski definition) is 4. The molecule has 2 heterocycles. The molecule has 1 aromatic carbocycles. The van der Waals surface area contributed by atoms with E-state index >= 15 is 0 Å². The van der Waals surface area contributed by atoms with Crippen LogP contribution in [0.5, 0.6) is 5.75 Å². The summed E-state index contributed by atoms with van der Waals surface area (Å²) in [5.74, 6) is -1.75. The second-order valence-corrected chi connectivity index (χ2v) is 6.22. The molecule has 0 aliphatic heterocycles. The molecule has 0 unspecified atom stereocenters. The van der Waals surface area contributed by atoms with Gasteiger partial charge < -0.3 is 16.6 Å². The van der Waals surface area contributed by atoms with E-state index < -0.39 is 17.5 Å². The van der Waals surface area contributed by atoms with Crippen molar-refractivity contribution in [3.63, 3.8) is 0 Å². The van der Waals surface area contributed by atoms with Gasteiger partial charge >= 0.3 is 0 Å². The molecule has 6 nitrogen and oxygen atoms in total. The minimum Gasteiger partial charge on any atom is -0.505 e. The van der Waals surface area contributed by atoms with E-state index in [-0.39, 0.29) is 11.4 Å². The van der Waals surface area contributed by atoms with Crippen molar-refractivity contribution >= 4 is 22.8 Å². The fraction of sp³-hybridized carbons (Fsp3) is 0.222. The molecule has 3 aromatic rings. The number of anilines is 1. The number of carbonyl (C=O) groups is 1. The number of aromatic hydroxyl groups is 1. The maximum Gasteiger partial charge on any atom is 0.253 e. The highest BCUT2D eigenvalue weighted by Crippen LogP contribution is 2.37. The predicted molar refractivity (Wildman–Crippen MR) is 94.6 cm³/mol. The molecular weight excluding hydrogens is 323 g/mol. The molecule has 5 N–H and O–H groups in total. The van der Waals surface area contributed by atoms with Crippen molar-refractivity contribution in [3.8, 4) is 11.4 Å². The third kappa shape index (κ3) is 2.31. The SMILES string of the molecule is Cc1cc2c(C(N)=O)c(N)n(-c3c(C)cc(F)c(O)c3C)c2nc1C. The molecule has 130 valence electrons. The lowest BCUT2D eigenvalue weighted by Gasteiger charge is -2.16. The molecule has 0 aliphatic rings. The molecule has 7 heteroatoms. The quantitative estimate of drug-likeness (QED) is 0.665. The van der Waals surface area contributed by atoms with Crippen LogP contribution in [0.4, 0.5) is 10.2 Å². The van der Waals surface area contributed by atoms with Crippen LogP contribution in [0.2, 0.25) is 0 Å². The van der Waals surface area contributed by atoms with Crippen molar-refractivity contribution in [2.24, 2.45) is 5.73 Å². The van der Waals surface area contributed by atoms with Gasteiger partial charge in [0.05, 0.1) is 11.3 Å². The number of primary amides is 1. The van der Waals surface area contributed by atoms with Gasteiger partial charge in [-0.25, -0.2) is 9.37 Å². The van der Waals surface area contributed by atoms with E-state index in [2.05, 4.69) is 4.98 Å². The molecule has 0 bridgehead atoms. The molecule has 0 atom stereocenters. The summed E-state index contributed by atoms with van der Waals surface area (Å²) in [4.78, 5) is 16.5. The normalized spacial score (nSPS) is 11.2. The maximum atomic E-state index is 13.8. The van der Waals surface area contributed by atoms with Crippen molar-refractivity contribution < 1.29 is 14.3 Å². The van der Waals surface area contributed by atoms with Crippen LogP contribution in [0, 0.1) is 33.5 Å². The zero-order valence-corrected chi connectivity index (χ0v) is 14.4. The first-order valence-electron chi connectivity index (χ1n) is 7.72. The Labute approximate surface area is 143 Å². The number of phenols is 1. The molecule has 0 spiro atoms. The van der Waals surface area contributed by atoms with Gasteiger partial charge in [-0.15, -0.1) is 0 Å². The van der Waals surface area contributed by atoms with Gasteiger partial charge in [0.25, 0.3) is 5.91 Å². The first kappa shape index (κ1) is 16.8. The number of hydrogen-bond donors (Lipinski definition) is 3. The Hall–Kier alpha value is -3.09. The zero-order chi connectivity index (χ0) is 18.6. The molecule has 0 fully saturated rings. The summed E-state index contributed by atoms with van der Waals surface area (Å²) in [6, 6.07) is 3.02. The van der Waals surface area contributed by atoms with Gasteiger partial charge in [-0.3, -0.25) is 9.36 Å². The van der Waals surface area contributed by atoms with Crippen molar-refractivity contribution in [2.45, 2.75) is 27.7 Å². The van der Waals surface area contributed by atoms with E-state index in [1.54, 1.807) is 24.5 Å². The summed E-state index contributed by atoms with van der Waals surface area (Å²) in [5, 5.41) is 10.5. The van der Waals surface area contributed by atoms with Crippen LogP contribution in [0.15, 0.2) is 12.1 Å². The Bertz CT molecular complexity index is 1050. The average Bonchev–Trinajstić information content (AvgIpc) is 2.78. The fourth-order valence-corrected chi connectivity index (χ4v) is 3.15. The Morgan fingerprint density at radius 1 is 1.20 bits per heavy atom. The number of carbonyl (C=O) groups excluding carboxylic acids is 1. The van der Waals surface area contributed by atoms with Gasteiger partial charge in [0.2, 0.25) is 0 Å². The summed E-state index contributed by atoms with van der Waals surface area (Å²) in [6.07, 6.45) is 0. The van der Waals surface area contributed by atoms with Crippen LogP contribution in [-0.4, -0.2) is 20.6 Å². The predicted octanol–water partition coefficient (Wildman–Crippen LogP) is 2.78. The number of nitrogens with two attached hydrogens (primary N) is 2. The third-order valence-electron chi connectivity index (χ3n) is 4.55. The van der Waals surface area contributed by atoms with E-state index in [1.807, 2.05) is 13.8 Å². The number of nitrogen functional groups attached to an aromatic ring is 1. The van der Waals surface area contributed by atoms with Gasteiger partial charge in [0.1, 0.15) is 11.5 Å². The Morgan fingerprint density at radius 3 is 2.44 bits per heavy atom. The maximum absolute atomic E-state index is 13.8. The molecule has 1 amide bonds. The first-order chi connectivity index (χ1) is 11.6. The van der Waals surface area contributed by atoms with Crippen molar-refractivity contribution in [3.05, 3.63) is 45.9 Å². The Morgan fingerprint density at radius 2 is 1.84 bits per heavy atom. The van der Waals surface area contributed by atoms with Gasteiger partial charge in [-0.2, -0.15) is 0 Å². The molecule has 2 aromatic heterocycles.